The van der Waals surface area contributed by atoms with Crippen LogP contribution in [0.15, 0.2) is 46.6 Å². The van der Waals surface area contributed by atoms with Crippen LogP contribution in [-0.4, -0.2) is 40.3 Å². The Bertz CT molecular complexity index is 959. The summed E-state index contributed by atoms with van der Waals surface area (Å²) in [6.45, 7) is -0.00824. The average molecular weight is 398 g/mol. The van der Waals surface area contributed by atoms with Gasteiger partial charge in [0, 0.05) is 18.1 Å². The Hall–Kier alpha value is -2.14. The van der Waals surface area contributed by atoms with Crippen LogP contribution in [0.4, 0.5) is 10.9 Å². The molecular weight excluding hydrogens is 386 g/mol. The van der Waals surface area contributed by atoms with Crippen LogP contribution in [0.3, 0.4) is 0 Å². The molecule has 25 heavy (non-hydrogen) atoms. The zero-order valence-electron chi connectivity index (χ0n) is 12.6. The highest BCUT2D eigenvalue weighted by Gasteiger charge is 2.19. The van der Waals surface area contributed by atoms with Crippen molar-refractivity contribution in [2.75, 3.05) is 11.9 Å². The second-order valence-electron chi connectivity index (χ2n) is 4.80. The molecule has 0 fully saturated rings. The maximum Gasteiger partial charge on any atom is 0.225 e. The number of hydrogen-bond donors (Lipinski definition) is 2. The maximum atomic E-state index is 12.5. The SMILES string of the molecule is O=S(=O)(c1ccc(Cl)cc1)c1cnc(Nc2nnc(CCO)s2)cn1. The zero-order chi connectivity index (χ0) is 17.9. The monoisotopic (exact) mass is 397 g/mol. The van der Waals surface area contributed by atoms with Gasteiger partial charge in [0.1, 0.15) is 5.01 Å². The average Bonchev–Trinajstić information content (AvgIpc) is 3.03. The van der Waals surface area contributed by atoms with Crippen LogP contribution in [0.1, 0.15) is 5.01 Å². The van der Waals surface area contributed by atoms with Gasteiger partial charge in [0.05, 0.1) is 17.3 Å². The second kappa shape index (κ2) is 7.40. The lowest BCUT2D eigenvalue weighted by molar-refractivity contribution is 0.299. The van der Waals surface area contributed by atoms with Crippen LogP contribution in [0.2, 0.25) is 5.02 Å². The normalized spacial score (nSPS) is 11.4. The number of aliphatic hydroxyl groups excluding tert-OH is 1. The van der Waals surface area contributed by atoms with Crippen molar-refractivity contribution in [2.45, 2.75) is 16.3 Å². The first-order chi connectivity index (χ1) is 12.0. The summed E-state index contributed by atoms with van der Waals surface area (Å²) in [5, 5.41) is 21.0. The number of hydrogen-bond acceptors (Lipinski definition) is 9. The molecule has 8 nitrogen and oxygen atoms in total. The molecule has 2 N–H and O–H groups in total. The summed E-state index contributed by atoms with van der Waals surface area (Å²) < 4.78 is 25.0. The number of aromatic nitrogens is 4. The Labute approximate surface area is 152 Å². The lowest BCUT2D eigenvalue weighted by Crippen LogP contribution is -2.06. The molecule has 11 heteroatoms. The number of sulfone groups is 1. The molecule has 1 aromatic carbocycles. The van der Waals surface area contributed by atoms with Crippen molar-refractivity contribution in [1.29, 1.82) is 0 Å². The Morgan fingerprint density at radius 2 is 1.88 bits per heavy atom. The van der Waals surface area contributed by atoms with Gasteiger partial charge < -0.3 is 10.4 Å². The van der Waals surface area contributed by atoms with Gasteiger partial charge in [-0.25, -0.2) is 18.4 Å². The first kappa shape index (κ1) is 17.7. The van der Waals surface area contributed by atoms with E-state index in [2.05, 4.69) is 25.5 Å². The molecule has 3 rings (SSSR count). The summed E-state index contributed by atoms with van der Waals surface area (Å²) in [6.07, 6.45) is 2.89. The predicted molar refractivity (Wildman–Crippen MR) is 92.9 cm³/mol. The summed E-state index contributed by atoms with van der Waals surface area (Å²) >= 11 is 7.04. The van der Waals surface area contributed by atoms with Gasteiger partial charge >= 0.3 is 0 Å². The van der Waals surface area contributed by atoms with Gasteiger partial charge in [-0.3, -0.25) is 0 Å². The lowest BCUT2D eigenvalue weighted by atomic mass is 10.4. The Balaban J connectivity index is 1.78. The van der Waals surface area contributed by atoms with E-state index in [9.17, 15) is 8.42 Å². The number of nitrogens with zero attached hydrogens (tertiary/aromatic N) is 4. The number of anilines is 2. The van der Waals surface area contributed by atoms with Gasteiger partial charge in [0.25, 0.3) is 0 Å². The molecule has 0 aliphatic heterocycles. The number of aliphatic hydroxyl groups is 1. The fourth-order valence-corrected chi connectivity index (χ4v) is 3.84. The fourth-order valence-electron chi connectivity index (χ4n) is 1.86. The molecule has 0 bridgehead atoms. The molecule has 0 radical (unpaired) electrons. The maximum absolute atomic E-state index is 12.5. The van der Waals surface area contributed by atoms with Gasteiger partial charge in [-0.1, -0.05) is 22.9 Å². The van der Waals surface area contributed by atoms with E-state index in [-0.39, 0.29) is 16.5 Å². The molecule has 130 valence electrons. The van der Waals surface area contributed by atoms with Crippen LogP contribution in [-0.2, 0) is 16.3 Å². The van der Waals surface area contributed by atoms with Gasteiger partial charge in [0.15, 0.2) is 10.8 Å². The standard InChI is InChI=1S/C14H12ClN5O3S2/c15-9-1-3-10(4-2-9)25(22,23)13-8-16-11(7-17-13)18-14-20-19-12(24-14)5-6-21/h1-4,7-8,21H,5-6H2,(H,16,18,20). The van der Waals surface area contributed by atoms with E-state index in [4.69, 9.17) is 16.7 Å². The molecule has 0 unspecified atom stereocenters. The number of benzene rings is 1. The third kappa shape index (κ3) is 4.10. The van der Waals surface area contributed by atoms with E-state index in [0.717, 1.165) is 0 Å². The first-order valence-electron chi connectivity index (χ1n) is 7.02. The minimum Gasteiger partial charge on any atom is -0.396 e. The van der Waals surface area contributed by atoms with Gasteiger partial charge in [-0.2, -0.15) is 0 Å². The summed E-state index contributed by atoms with van der Waals surface area (Å²) in [6, 6.07) is 5.82. The Morgan fingerprint density at radius 1 is 1.12 bits per heavy atom. The van der Waals surface area contributed by atoms with Crippen molar-refractivity contribution in [3.63, 3.8) is 0 Å². The van der Waals surface area contributed by atoms with Crippen LogP contribution >= 0.6 is 22.9 Å². The molecule has 2 heterocycles. The molecule has 0 saturated heterocycles. The van der Waals surface area contributed by atoms with Gasteiger partial charge in [-0.05, 0) is 24.3 Å². The Morgan fingerprint density at radius 3 is 2.52 bits per heavy atom. The first-order valence-corrected chi connectivity index (χ1v) is 9.70. The quantitative estimate of drug-likeness (QED) is 0.649. The third-order valence-corrected chi connectivity index (χ3v) is 5.86. The van der Waals surface area contributed by atoms with Crippen molar-refractivity contribution in [3.05, 3.63) is 46.7 Å². The molecule has 0 atom stereocenters. The second-order valence-corrected chi connectivity index (χ2v) is 8.19. The summed E-state index contributed by atoms with van der Waals surface area (Å²) in [7, 11) is -3.76. The van der Waals surface area contributed by atoms with Crippen LogP contribution in [0.5, 0.6) is 0 Å². The highest BCUT2D eigenvalue weighted by Crippen LogP contribution is 2.22. The Kier molecular flexibility index (Phi) is 5.23. The molecule has 2 aromatic heterocycles. The number of nitrogens with one attached hydrogen (secondary N) is 1. The fraction of sp³-hybridized carbons (Fsp3) is 0.143. The van der Waals surface area contributed by atoms with E-state index in [1.165, 1.54) is 48.0 Å². The zero-order valence-corrected chi connectivity index (χ0v) is 15.0. The molecule has 0 saturated carbocycles. The highest BCUT2D eigenvalue weighted by atomic mass is 35.5. The molecule has 0 aliphatic carbocycles. The van der Waals surface area contributed by atoms with E-state index < -0.39 is 9.84 Å². The number of rotatable bonds is 6. The van der Waals surface area contributed by atoms with E-state index in [1.807, 2.05) is 0 Å². The molecule has 0 aliphatic rings. The smallest absolute Gasteiger partial charge is 0.225 e. The highest BCUT2D eigenvalue weighted by molar-refractivity contribution is 7.91. The molecule has 0 amide bonds. The third-order valence-electron chi connectivity index (χ3n) is 3.05. The minimum absolute atomic E-state index is 0.00824. The number of halogens is 1. The van der Waals surface area contributed by atoms with E-state index in [1.54, 1.807) is 0 Å². The molecule has 0 spiro atoms. The lowest BCUT2D eigenvalue weighted by Gasteiger charge is -2.05. The topological polar surface area (TPSA) is 118 Å². The molecular formula is C14H12ClN5O3S2. The molecule has 3 aromatic rings. The van der Waals surface area contributed by atoms with Crippen molar-refractivity contribution in [2.24, 2.45) is 0 Å². The van der Waals surface area contributed by atoms with Crippen LogP contribution < -0.4 is 5.32 Å². The predicted octanol–water partition coefficient (Wildman–Crippen LogP) is 2.09. The van der Waals surface area contributed by atoms with Crippen molar-refractivity contribution < 1.29 is 13.5 Å². The van der Waals surface area contributed by atoms with Crippen molar-refractivity contribution in [1.82, 2.24) is 20.2 Å². The summed E-state index contributed by atoms with van der Waals surface area (Å²) in [5.41, 5.74) is 0. The van der Waals surface area contributed by atoms with Crippen LogP contribution in [0.25, 0.3) is 0 Å². The largest absolute Gasteiger partial charge is 0.396 e. The van der Waals surface area contributed by atoms with Gasteiger partial charge in [-0.15, -0.1) is 10.2 Å². The minimum atomic E-state index is -3.76. The van der Waals surface area contributed by atoms with Crippen molar-refractivity contribution in [3.8, 4) is 0 Å². The van der Waals surface area contributed by atoms with E-state index >= 15 is 0 Å². The van der Waals surface area contributed by atoms with Crippen molar-refractivity contribution >= 4 is 43.7 Å². The van der Waals surface area contributed by atoms with Crippen LogP contribution in [0, 0.1) is 0 Å². The van der Waals surface area contributed by atoms with Gasteiger partial charge in [0.2, 0.25) is 15.0 Å². The summed E-state index contributed by atoms with van der Waals surface area (Å²) in [4.78, 5) is 8.10. The van der Waals surface area contributed by atoms with E-state index in [0.29, 0.717) is 27.4 Å². The summed E-state index contributed by atoms with van der Waals surface area (Å²) in [5.74, 6) is 0.335.